The summed E-state index contributed by atoms with van der Waals surface area (Å²) in [4.78, 5) is 0. The molecular formula is C19H31N. The van der Waals surface area contributed by atoms with Gasteiger partial charge in [-0.1, -0.05) is 76.6 Å². The molecule has 0 aliphatic heterocycles. The molecule has 0 radical (unpaired) electrons. The Balaban J connectivity index is 1.82. The second-order valence-corrected chi connectivity index (χ2v) is 6.95. The van der Waals surface area contributed by atoms with Gasteiger partial charge in [0.2, 0.25) is 0 Å². The van der Waals surface area contributed by atoms with E-state index in [9.17, 15) is 0 Å². The third kappa shape index (κ3) is 4.94. The molecule has 0 bridgehead atoms. The second kappa shape index (κ2) is 7.83. The Morgan fingerprint density at radius 3 is 2.15 bits per heavy atom. The lowest BCUT2D eigenvalue weighted by atomic mass is 9.90. The fraction of sp³-hybridized carbons (Fsp3) is 0.684. The van der Waals surface area contributed by atoms with Crippen LogP contribution in [-0.2, 0) is 6.42 Å². The first-order chi connectivity index (χ1) is 9.65. The van der Waals surface area contributed by atoms with Crippen molar-refractivity contribution < 1.29 is 0 Å². The van der Waals surface area contributed by atoms with E-state index in [4.69, 9.17) is 5.73 Å². The lowest BCUT2D eigenvalue weighted by molar-refractivity contribution is 0.387. The summed E-state index contributed by atoms with van der Waals surface area (Å²) in [5.74, 6) is 1.49. The van der Waals surface area contributed by atoms with Crippen molar-refractivity contribution in [2.24, 2.45) is 11.7 Å². The minimum absolute atomic E-state index is 0.336. The van der Waals surface area contributed by atoms with Gasteiger partial charge in [-0.25, -0.2) is 0 Å². The van der Waals surface area contributed by atoms with Gasteiger partial charge in [0.05, 0.1) is 0 Å². The smallest absolute Gasteiger partial charge is 0.00819 e. The maximum Gasteiger partial charge on any atom is 0.00819 e. The van der Waals surface area contributed by atoms with Gasteiger partial charge in [0.25, 0.3) is 0 Å². The molecule has 1 fully saturated rings. The standard InChI is InChI=1S/C19H31N/c1-15(2)18-11-9-17(10-12-18)14-19(20)13-16-7-5-3-4-6-8-16/h9-12,15-16,19H,3-8,13-14,20H2,1-2H3. The molecule has 1 aliphatic carbocycles. The molecule has 2 rings (SSSR count). The molecule has 1 heteroatoms. The molecule has 1 unspecified atom stereocenters. The highest BCUT2D eigenvalue weighted by Gasteiger charge is 2.16. The maximum absolute atomic E-state index is 6.39. The quantitative estimate of drug-likeness (QED) is 0.747. The van der Waals surface area contributed by atoms with Crippen LogP contribution in [0.4, 0.5) is 0 Å². The van der Waals surface area contributed by atoms with E-state index in [1.54, 1.807) is 0 Å². The van der Waals surface area contributed by atoms with Crippen LogP contribution in [0.3, 0.4) is 0 Å². The van der Waals surface area contributed by atoms with E-state index >= 15 is 0 Å². The monoisotopic (exact) mass is 273 g/mol. The molecule has 1 nitrogen and oxygen atoms in total. The molecule has 20 heavy (non-hydrogen) atoms. The normalized spacial score (nSPS) is 19.0. The third-order valence-electron chi connectivity index (χ3n) is 4.76. The highest BCUT2D eigenvalue weighted by molar-refractivity contribution is 5.25. The van der Waals surface area contributed by atoms with Crippen molar-refractivity contribution in [2.45, 2.75) is 77.2 Å². The molecule has 0 amide bonds. The predicted molar refractivity (Wildman–Crippen MR) is 88.0 cm³/mol. The van der Waals surface area contributed by atoms with Crippen molar-refractivity contribution in [3.8, 4) is 0 Å². The van der Waals surface area contributed by atoms with Gasteiger partial charge in [-0.3, -0.25) is 0 Å². The van der Waals surface area contributed by atoms with Crippen LogP contribution in [0.15, 0.2) is 24.3 Å². The summed E-state index contributed by atoms with van der Waals surface area (Å²) >= 11 is 0. The van der Waals surface area contributed by atoms with Gasteiger partial charge in [0, 0.05) is 6.04 Å². The first-order valence-corrected chi connectivity index (χ1v) is 8.49. The molecule has 0 heterocycles. The van der Waals surface area contributed by atoms with Crippen molar-refractivity contribution in [2.75, 3.05) is 0 Å². The summed E-state index contributed by atoms with van der Waals surface area (Å²) in [6, 6.07) is 9.39. The molecule has 0 spiro atoms. The van der Waals surface area contributed by atoms with Gasteiger partial charge in [0.15, 0.2) is 0 Å². The predicted octanol–water partition coefficient (Wildman–Crippen LogP) is 5.04. The molecule has 1 aliphatic rings. The zero-order chi connectivity index (χ0) is 14.4. The lowest BCUT2D eigenvalue weighted by Crippen LogP contribution is -2.26. The van der Waals surface area contributed by atoms with Crippen LogP contribution < -0.4 is 5.73 Å². The fourth-order valence-electron chi connectivity index (χ4n) is 3.45. The zero-order valence-corrected chi connectivity index (χ0v) is 13.3. The topological polar surface area (TPSA) is 26.0 Å². The van der Waals surface area contributed by atoms with Crippen LogP contribution in [-0.4, -0.2) is 6.04 Å². The minimum atomic E-state index is 0.336. The molecular weight excluding hydrogens is 242 g/mol. The summed E-state index contributed by atoms with van der Waals surface area (Å²) in [5.41, 5.74) is 9.21. The summed E-state index contributed by atoms with van der Waals surface area (Å²) in [5, 5.41) is 0. The number of rotatable bonds is 5. The van der Waals surface area contributed by atoms with Gasteiger partial charge in [0.1, 0.15) is 0 Å². The van der Waals surface area contributed by atoms with Gasteiger partial charge in [-0.2, -0.15) is 0 Å². The summed E-state index contributed by atoms with van der Waals surface area (Å²) in [7, 11) is 0. The van der Waals surface area contributed by atoms with E-state index in [2.05, 4.69) is 38.1 Å². The van der Waals surface area contributed by atoms with Gasteiger partial charge in [-0.15, -0.1) is 0 Å². The molecule has 1 saturated carbocycles. The first kappa shape index (κ1) is 15.6. The SMILES string of the molecule is CC(C)c1ccc(CC(N)CC2CCCCCC2)cc1. The van der Waals surface area contributed by atoms with Crippen LogP contribution in [0.1, 0.15) is 75.8 Å². The van der Waals surface area contributed by atoms with Crippen molar-refractivity contribution in [1.82, 2.24) is 0 Å². The number of hydrogen-bond acceptors (Lipinski definition) is 1. The summed E-state index contributed by atoms with van der Waals surface area (Å²) in [6.07, 6.45) is 10.8. The molecule has 1 aromatic rings. The Hall–Kier alpha value is -0.820. The average molecular weight is 273 g/mol. The van der Waals surface area contributed by atoms with Gasteiger partial charge >= 0.3 is 0 Å². The van der Waals surface area contributed by atoms with Crippen LogP contribution in [0, 0.1) is 5.92 Å². The van der Waals surface area contributed by atoms with E-state index < -0.39 is 0 Å². The Morgan fingerprint density at radius 1 is 1.00 bits per heavy atom. The summed E-state index contributed by atoms with van der Waals surface area (Å²) in [6.45, 7) is 4.49. The molecule has 2 N–H and O–H groups in total. The Labute approximate surface area is 125 Å². The molecule has 0 saturated heterocycles. The lowest BCUT2D eigenvalue weighted by Gasteiger charge is -2.19. The first-order valence-electron chi connectivity index (χ1n) is 8.49. The van der Waals surface area contributed by atoms with E-state index in [-0.39, 0.29) is 0 Å². The van der Waals surface area contributed by atoms with E-state index in [0.29, 0.717) is 12.0 Å². The Kier molecular flexibility index (Phi) is 6.09. The largest absolute Gasteiger partial charge is 0.327 e. The zero-order valence-electron chi connectivity index (χ0n) is 13.3. The molecule has 1 atom stereocenters. The highest BCUT2D eigenvalue weighted by atomic mass is 14.6. The van der Waals surface area contributed by atoms with Crippen LogP contribution >= 0.6 is 0 Å². The molecule has 112 valence electrons. The number of nitrogens with two attached hydrogens (primary N) is 1. The number of hydrogen-bond donors (Lipinski definition) is 1. The second-order valence-electron chi connectivity index (χ2n) is 6.95. The third-order valence-corrected chi connectivity index (χ3v) is 4.76. The van der Waals surface area contributed by atoms with Crippen molar-refractivity contribution in [1.29, 1.82) is 0 Å². The van der Waals surface area contributed by atoms with Gasteiger partial charge < -0.3 is 5.73 Å². The van der Waals surface area contributed by atoms with Crippen molar-refractivity contribution >= 4 is 0 Å². The maximum atomic E-state index is 6.39. The van der Waals surface area contributed by atoms with E-state index in [1.807, 2.05) is 0 Å². The van der Waals surface area contributed by atoms with Crippen molar-refractivity contribution in [3.63, 3.8) is 0 Å². The molecule has 0 aromatic heterocycles. The number of benzene rings is 1. The highest BCUT2D eigenvalue weighted by Crippen LogP contribution is 2.26. The average Bonchev–Trinajstić information content (AvgIpc) is 2.68. The van der Waals surface area contributed by atoms with E-state index in [0.717, 1.165) is 12.3 Å². The fourth-order valence-corrected chi connectivity index (χ4v) is 3.45. The van der Waals surface area contributed by atoms with Crippen LogP contribution in [0.2, 0.25) is 0 Å². The minimum Gasteiger partial charge on any atom is -0.327 e. The molecule has 1 aromatic carbocycles. The summed E-state index contributed by atoms with van der Waals surface area (Å²) < 4.78 is 0. The van der Waals surface area contributed by atoms with Gasteiger partial charge in [-0.05, 0) is 35.8 Å². The Morgan fingerprint density at radius 2 is 1.60 bits per heavy atom. The van der Waals surface area contributed by atoms with E-state index in [1.165, 1.54) is 56.1 Å². The van der Waals surface area contributed by atoms with Crippen LogP contribution in [0.5, 0.6) is 0 Å². The Bertz CT molecular complexity index is 371. The van der Waals surface area contributed by atoms with Crippen LogP contribution in [0.25, 0.3) is 0 Å². The van der Waals surface area contributed by atoms with Crippen molar-refractivity contribution in [3.05, 3.63) is 35.4 Å².